The number of H-pyrrole nitrogens is 1. The van der Waals surface area contributed by atoms with E-state index < -0.39 is 66.2 Å². The first kappa shape index (κ1) is 31.8. The molecule has 0 saturated heterocycles. The molecular formula is C26H36N6O8. The van der Waals surface area contributed by atoms with E-state index >= 15 is 0 Å². The smallest absolute Gasteiger partial charge is 0.326 e. The predicted octanol–water partition coefficient (Wildman–Crippen LogP) is -0.637. The standard InChI is InChI=1S/C26H36N6O8/c1-13(2)9-19(31-23(36)16(27)10-14-12-29-17-6-4-3-5-15(14)17)25(38)30-18(7-8-21(28)33)24(37)32-20(26(39)40)11-22(34)35/h3-6,12-13,16,18-20,29H,7-11,27H2,1-2H3,(H2,28,33)(H,30,38)(H,31,36)(H,32,37)(H,34,35)(H,39,40). The highest BCUT2D eigenvalue weighted by Gasteiger charge is 2.31. The van der Waals surface area contributed by atoms with Crippen LogP contribution in [0.2, 0.25) is 0 Å². The summed E-state index contributed by atoms with van der Waals surface area (Å²) in [5.74, 6) is -6.28. The van der Waals surface area contributed by atoms with Crippen molar-refractivity contribution in [3.8, 4) is 0 Å². The minimum Gasteiger partial charge on any atom is -0.481 e. The van der Waals surface area contributed by atoms with Gasteiger partial charge in [0.05, 0.1) is 12.5 Å². The highest BCUT2D eigenvalue weighted by molar-refractivity contribution is 5.95. The Morgan fingerprint density at radius 1 is 0.900 bits per heavy atom. The molecule has 40 heavy (non-hydrogen) atoms. The molecule has 1 heterocycles. The Hall–Kier alpha value is -4.46. The molecule has 0 aliphatic rings. The predicted molar refractivity (Wildman–Crippen MR) is 144 cm³/mol. The van der Waals surface area contributed by atoms with Crippen molar-refractivity contribution in [2.24, 2.45) is 17.4 Å². The molecule has 2 rings (SSSR count). The number of carboxylic acids is 2. The van der Waals surface area contributed by atoms with E-state index in [0.717, 1.165) is 16.5 Å². The van der Waals surface area contributed by atoms with Crippen LogP contribution in [0.4, 0.5) is 0 Å². The molecule has 218 valence electrons. The number of benzene rings is 1. The number of hydrogen-bond donors (Lipinski definition) is 8. The summed E-state index contributed by atoms with van der Waals surface area (Å²) in [7, 11) is 0. The summed E-state index contributed by atoms with van der Waals surface area (Å²) in [6.45, 7) is 3.64. The van der Waals surface area contributed by atoms with Crippen LogP contribution in [-0.2, 0) is 35.2 Å². The van der Waals surface area contributed by atoms with Crippen LogP contribution in [0.3, 0.4) is 0 Å². The lowest BCUT2D eigenvalue weighted by molar-refractivity contribution is -0.147. The van der Waals surface area contributed by atoms with Gasteiger partial charge in [-0.2, -0.15) is 0 Å². The fourth-order valence-electron chi connectivity index (χ4n) is 4.09. The third-order valence-electron chi connectivity index (χ3n) is 6.10. The number of aromatic nitrogens is 1. The molecule has 4 unspecified atom stereocenters. The molecule has 1 aromatic heterocycles. The summed E-state index contributed by atoms with van der Waals surface area (Å²) < 4.78 is 0. The van der Waals surface area contributed by atoms with Crippen LogP contribution in [0.15, 0.2) is 30.5 Å². The average molecular weight is 561 g/mol. The van der Waals surface area contributed by atoms with Crippen LogP contribution < -0.4 is 27.4 Å². The van der Waals surface area contributed by atoms with Gasteiger partial charge in [0.25, 0.3) is 0 Å². The van der Waals surface area contributed by atoms with Crippen molar-refractivity contribution in [3.63, 3.8) is 0 Å². The van der Waals surface area contributed by atoms with Crippen LogP contribution >= 0.6 is 0 Å². The first-order chi connectivity index (χ1) is 18.8. The normalized spacial score (nSPS) is 14.1. The monoisotopic (exact) mass is 560 g/mol. The number of para-hydroxylation sites is 1. The molecule has 4 atom stereocenters. The van der Waals surface area contributed by atoms with E-state index in [4.69, 9.17) is 16.6 Å². The maximum atomic E-state index is 13.2. The van der Waals surface area contributed by atoms with Gasteiger partial charge in [0.15, 0.2) is 0 Å². The van der Waals surface area contributed by atoms with E-state index in [2.05, 4.69) is 20.9 Å². The Kier molecular flexibility index (Phi) is 11.6. The number of primary amides is 1. The number of aromatic amines is 1. The molecule has 10 N–H and O–H groups in total. The van der Waals surface area contributed by atoms with Gasteiger partial charge >= 0.3 is 11.9 Å². The van der Waals surface area contributed by atoms with E-state index in [-0.39, 0.29) is 31.6 Å². The summed E-state index contributed by atoms with van der Waals surface area (Å²) >= 11 is 0. The number of nitrogens with two attached hydrogens (primary N) is 2. The molecule has 1 aromatic carbocycles. The van der Waals surface area contributed by atoms with Crippen molar-refractivity contribution in [2.75, 3.05) is 0 Å². The van der Waals surface area contributed by atoms with E-state index in [1.807, 2.05) is 38.1 Å². The van der Waals surface area contributed by atoms with Crippen LogP contribution in [0.5, 0.6) is 0 Å². The number of amides is 4. The zero-order valence-electron chi connectivity index (χ0n) is 22.3. The van der Waals surface area contributed by atoms with E-state index in [0.29, 0.717) is 0 Å². The number of rotatable bonds is 16. The van der Waals surface area contributed by atoms with Crippen molar-refractivity contribution in [2.45, 2.75) is 70.1 Å². The van der Waals surface area contributed by atoms with Gasteiger partial charge in [-0.25, -0.2) is 4.79 Å². The molecule has 0 aliphatic carbocycles. The quantitative estimate of drug-likeness (QED) is 0.130. The molecule has 14 nitrogen and oxygen atoms in total. The fourth-order valence-corrected chi connectivity index (χ4v) is 4.09. The average Bonchev–Trinajstić information content (AvgIpc) is 3.27. The maximum absolute atomic E-state index is 13.2. The van der Waals surface area contributed by atoms with E-state index in [9.17, 15) is 33.9 Å². The van der Waals surface area contributed by atoms with Crippen LogP contribution in [0.1, 0.15) is 45.1 Å². The highest BCUT2D eigenvalue weighted by Crippen LogP contribution is 2.19. The van der Waals surface area contributed by atoms with Crippen LogP contribution in [0.25, 0.3) is 10.9 Å². The van der Waals surface area contributed by atoms with Gasteiger partial charge in [0.1, 0.15) is 18.1 Å². The summed E-state index contributed by atoms with van der Waals surface area (Å²) in [5.41, 5.74) is 13.0. The lowest BCUT2D eigenvalue weighted by Gasteiger charge is -2.25. The van der Waals surface area contributed by atoms with E-state index in [1.165, 1.54) is 0 Å². The van der Waals surface area contributed by atoms with Gasteiger partial charge in [0, 0.05) is 23.5 Å². The van der Waals surface area contributed by atoms with Crippen molar-refractivity contribution >= 4 is 46.5 Å². The Morgan fingerprint density at radius 3 is 2.10 bits per heavy atom. The molecule has 0 spiro atoms. The van der Waals surface area contributed by atoms with Crippen molar-refractivity contribution < 1.29 is 39.0 Å². The van der Waals surface area contributed by atoms with Gasteiger partial charge in [-0.15, -0.1) is 0 Å². The summed E-state index contributed by atoms with van der Waals surface area (Å²) in [6.07, 6.45) is 0.610. The van der Waals surface area contributed by atoms with Crippen LogP contribution in [0, 0.1) is 5.92 Å². The Bertz CT molecular complexity index is 1240. The SMILES string of the molecule is CC(C)CC(NC(=O)C(N)Cc1c[nH]c2ccccc12)C(=O)NC(CCC(N)=O)C(=O)NC(CC(=O)O)C(=O)O. The molecular weight excluding hydrogens is 524 g/mol. The van der Waals surface area contributed by atoms with Gasteiger partial charge < -0.3 is 42.6 Å². The summed E-state index contributed by atoms with van der Waals surface area (Å²) in [6, 6.07) is 2.20. The number of carbonyl (C=O) groups is 6. The second-order valence-electron chi connectivity index (χ2n) is 9.92. The number of fused-ring (bicyclic) bond motifs is 1. The minimum absolute atomic E-state index is 0.0641. The highest BCUT2D eigenvalue weighted by atomic mass is 16.4. The molecule has 0 saturated carbocycles. The molecule has 0 fully saturated rings. The largest absolute Gasteiger partial charge is 0.481 e. The lowest BCUT2D eigenvalue weighted by atomic mass is 10.0. The Morgan fingerprint density at radius 2 is 1.50 bits per heavy atom. The molecule has 14 heteroatoms. The fraction of sp³-hybridized carbons (Fsp3) is 0.462. The van der Waals surface area contributed by atoms with Crippen molar-refractivity contribution in [1.29, 1.82) is 0 Å². The Balaban J connectivity index is 2.15. The summed E-state index contributed by atoms with van der Waals surface area (Å²) in [5, 5.41) is 26.2. The molecule has 4 amide bonds. The van der Waals surface area contributed by atoms with Crippen LogP contribution in [-0.4, -0.2) is 74.9 Å². The first-order valence-corrected chi connectivity index (χ1v) is 12.7. The van der Waals surface area contributed by atoms with Crippen molar-refractivity contribution in [1.82, 2.24) is 20.9 Å². The summed E-state index contributed by atoms with van der Waals surface area (Å²) in [4.78, 5) is 75.8. The number of aliphatic carboxylic acids is 2. The second kappa shape index (κ2) is 14.6. The number of carboxylic acid groups (broad SMARTS) is 2. The van der Waals surface area contributed by atoms with Gasteiger partial charge in [-0.05, 0) is 36.8 Å². The molecule has 0 radical (unpaired) electrons. The molecule has 2 aromatic rings. The second-order valence-corrected chi connectivity index (χ2v) is 9.92. The van der Waals surface area contributed by atoms with E-state index in [1.54, 1.807) is 6.20 Å². The maximum Gasteiger partial charge on any atom is 0.326 e. The number of carbonyl (C=O) groups excluding carboxylic acids is 4. The van der Waals surface area contributed by atoms with Gasteiger partial charge in [-0.1, -0.05) is 32.0 Å². The number of nitrogens with one attached hydrogen (secondary N) is 4. The zero-order chi connectivity index (χ0) is 30.0. The van der Waals surface area contributed by atoms with Gasteiger partial charge in [0.2, 0.25) is 23.6 Å². The molecule has 0 aliphatic heterocycles. The first-order valence-electron chi connectivity index (χ1n) is 12.7. The lowest BCUT2D eigenvalue weighted by Crippen LogP contribution is -2.57. The Labute approximate surface area is 230 Å². The third kappa shape index (κ3) is 9.69. The topological polar surface area (TPSA) is 247 Å². The van der Waals surface area contributed by atoms with Crippen molar-refractivity contribution in [3.05, 3.63) is 36.0 Å². The molecule has 0 bridgehead atoms. The minimum atomic E-state index is -1.77. The third-order valence-corrected chi connectivity index (χ3v) is 6.10. The zero-order valence-corrected chi connectivity index (χ0v) is 22.3. The van der Waals surface area contributed by atoms with Gasteiger partial charge in [-0.3, -0.25) is 24.0 Å². The number of hydrogen-bond acceptors (Lipinski definition) is 7.